The zero-order valence-corrected chi connectivity index (χ0v) is 22.5. The molecule has 1 heterocycles. The molecule has 1 saturated heterocycles. The third kappa shape index (κ3) is 8.94. The lowest BCUT2D eigenvalue weighted by molar-refractivity contribution is -0.163. The van der Waals surface area contributed by atoms with Gasteiger partial charge in [0.05, 0.1) is 26.4 Å². The van der Waals surface area contributed by atoms with E-state index in [0.29, 0.717) is 18.8 Å². The van der Waals surface area contributed by atoms with Crippen LogP contribution in [0.15, 0.2) is 61.2 Å². The molecule has 1 fully saturated rings. The predicted octanol–water partition coefficient (Wildman–Crippen LogP) is 4.93. The monoisotopic (exact) mass is 540 g/mol. The smallest absolute Gasteiger partial charge is 0.338 e. The van der Waals surface area contributed by atoms with Crippen LogP contribution in [0.5, 0.6) is 5.75 Å². The summed E-state index contributed by atoms with van der Waals surface area (Å²) in [4.78, 5) is 35.6. The summed E-state index contributed by atoms with van der Waals surface area (Å²) >= 11 is 0. The summed E-state index contributed by atoms with van der Waals surface area (Å²) in [5, 5.41) is 0. The van der Waals surface area contributed by atoms with Crippen molar-refractivity contribution in [1.82, 2.24) is 0 Å². The van der Waals surface area contributed by atoms with Gasteiger partial charge >= 0.3 is 17.9 Å². The summed E-state index contributed by atoms with van der Waals surface area (Å²) in [5.41, 5.74) is 2.65. The molecule has 0 aliphatic carbocycles. The molecule has 2 aromatic carbocycles. The highest BCUT2D eigenvalue weighted by Crippen LogP contribution is 2.34. The van der Waals surface area contributed by atoms with Crippen LogP contribution in [-0.4, -0.2) is 56.5 Å². The van der Waals surface area contributed by atoms with E-state index in [9.17, 15) is 14.4 Å². The van der Waals surface area contributed by atoms with Crippen molar-refractivity contribution in [1.29, 1.82) is 0 Å². The van der Waals surface area contributed by atoms with Crippen LogP contribution in [-0.2, 0) is 38.1 Å². The van der Waals surface area contributed by atoms with Crippen LogP contribution in [0.2, 0.25) is 0 Å². The van der Waals surface area contributed by atoms with Gasteiger partial charge in [-0.15, -0.1) is 0 Å². The van der Waals surface area contributed by atoms with E-state index in [0.717, 1.165) is 42.6 Å². The third-order valence-electron chi connectivity index (χ3n) is 5.94. The number of carbonyl (C=O) groups is 3. The molecule has 0 amide bonds. The van der Waals surface area contributed by atoms with E-state index in [1.165, 1.54) is 6.08 Å². The second-order valence-corrected chi connectivity index (χ2v) is 8.73. The lowest BCUT2D eigenvalue weighted by atomic mass is 10.0. The minimum atomic E-state index is -1.19. The number of hydrogen-bond acceptors (Lipinski definition) is 9. The summed E-state index contributed by atoms with van der Waals surface area (Å²) in [6.45, 7) is 8.07. The first-order chi connectivity index (χ1) is 19.0. The largest absolute Gasteiger partial charge is 0.494 e. The first-order valence-electron chi connectivity index (χ1n) is 13.2. The lowest BCUT2D eigenvalue weighted by Crippen LogP contribution is -2.39. The molecule has 0 bridgehead atoms. The van der Waals surface area contributed by atoms with Gasteiger partial charge in [-0.1, -0.05) is 43.0 Å². The first-order valence-corrected chi connectivity index (χ1v) is 13.2. The van der Waals surface area contributed by atoms with Crippen LogP contribution in [0.4, 0.5) is 0 Å². The maximum absolute atomic E-state index is 12.3. The molecule has 0 saturated carbocycles. The van der Waals surface area contributed by atoms with Crippen molar-refractivity contribution in [2.45, 2.75) is 58.0 Å². The molecule has 0 N–H and O–H groups in total. The number of ether oxygens (including phenoxy) is 6. The average molecular weight is 541 g/mol. The molecule has 39 heavy (non-hydrogen) atoms. The Labute approximate surface area is 229 Å². The maximum atomic E-state index is 12.3. The number of unbranched alkanes of at least 4 members (excludes halogenated alkanes) is 3. The fourth-order valence-electron chi connectivity index (χ4n) is 3.96. The Balaban J connectivity index is 1.49. The Hall–Kier alpha value is -3.69. The van der Waals surface area contributed by atoms with Gasteiger partial charge in [0.15, 0.2) is 18.5 Å². The van der Waals surface area contributed by atoms with E-state index in [1.54, 1.807) is 13.8 Å². The van der Waals surface area contributed by atoms with Crippen LogP contribution < -0.4 is 4.74 Å². The highest BCUT2D eigenvalue weighted by molar-refractivity contribution is 5.86. The fraction of sp³-hybridized carbons (Fsp3) is 0.433. The van der Waals surface area contributed by atoms with Gasteiger partial charge in [-0.25, -0.2) is 14.4 Å². The quantitative estimate of drug-likeness (QED) is 0.134. The molecule has 0 radical (unpaired) electrons. The van der Waals surface area contributed by atoms with Gasteiger partial charge in [0, 0.05) is 11.6 Å². The minimum Gasteiger partial charge on any atom is -0.494 e. The molecular formula is C30H36O9. The number of hydrogen-bond donors (Lipinski definition) is 0. The molecule has 2 aromatic rings. The highest BCUT2D eigenvalue weighted by atomic mass is 16.8. The molecule has 0 unspecified atom stereocenters. The predicted molar refractivity (Wildman–Crippen MR) is 143 cm³/mol. The van der Waals surface area contributed by atoms with Crippen LogP contribution >= 0.6 is 0 Å². The van der Waals surface area contributed by atoms with E-state index in [4.69, 9.17) is 28.4 Å². The van der Waals surface area contributed by atoms with Gasteiger partial charge < -0.3 is 28.4 Å². The number of rotatable bonds is 15. The van der Waals surface area contributed by atoms with E-state index >= 15 is 0 Å². The molecule has 1 aliphatic rings. The molecule has 210 valence electrons. The topological polar surface area (TPSA) is 107 Å². The molecule has 9 heteroatoms. The van der Waals surface area contributed by atoms with Crippen molar-refractivity contribution in [2.24, 2.45) is 0 Å². The van der Waals surface area contributed by atoms with Crippen molar-refractivity contribution in [3.8, 4) is 16.9 Å². The summed E-state index contributed by atoms with van der Waals surface area (Å²) in [7, 11) is 0. The van der Waals surface area contributed by atoms with Crippen LogP contribution in [0, 0.1) is 0 Å². The molecule has 0 spiro atoms. The van der Waals surface area contributed by atoms with Gasteiger partial charge in [-0.05, 0) is 62.8 Å². The summed E-state index contributed by atoms with van der Waals surface area (Å²) in [6.07, 6.45) is 1.58. The van der Waals surface area contributed by atoms with Crippen molar-refractivity contribution >= 4 is 17.9 Å². The molecule has 1 aliphatic heterocycles. The molecule has 2 atom stereocenters. The van der Waals surface area contributed by atoms with Crippen LogP contribution in [0.3, 0.4) is 0 Å². The average Bonchev–Trinajstić information content (AvgIpc) is 3.41. The highest BCUT2D eigenvalue weighted by Gasteiger charge is 2.47. The van der Waals surface area contributed by atoms with E-state index < -0.39 is 30.4 Å². The third-order valence-corrected chi connectivity index (χ3v) is 5.94. The summed E-state index contributed by atoms with van der Waals surface area (Å²) in [6, 6.07) is 15.3. The van der Waals surface area contributed by atoms with E-state index in [2.05, 4.69) is 6.58 Å². The second-order valence-electron chi connectivity index (χ2n) is 8.73. The van der Waals surface area contributed by atoms with E-state index in [1.807, 2.05) is 48.5 Å². The number of esters is 3. The van der Waals surface area contributed by atoms with Crippen molar-refractivity contribution < 1.29 is 42.8 Å². The summed E-state index contributed by atoms with van der Waals surface area (Å²) in [5.74, 6) is -0.923. The second kappa shape index (κ2) is 15.7. The van der Waals surface area contributed by atoms with E-state index in [-0.39, 0.29) is 19.2 Å². The Morgan fingerprint density at radius 2 is 1.26 bits per heavy atom. The minimum absolute atomic E-state index is 0.161. The molecule has 9 nitrogen and oxygen atoms in total. The van der Waals surface area contributed by atoms with Gasteiger partial charge in [0.25, 0.3) is 0 Å². The Morgan fingerprint density at radius 1 is 0.744 bits per heavy atom. The Bertz CT molecular complexity index is 1050. The van der Waals surface area contributed by atoms with Crippen LogP contribution in [0.25, 0.3) is 11.1 Å². The Morgan fingerprint density at radius 3 is 1.77 bits per heavy atom. The van der Waals surface area contributed by atoms with Gasteiger partial charge in [-0.3, -0.25) is 0 Å². The van der Waals surface area contributed by atoms with Crippen molar-refractivity contribution in [3.05, 3.63) is 66.7 Å². The standard InChI is InChI=1S/C30H36O9/c1-4-25(31)37-20-10-8-7-9-19-36-24-17-15-22(16-18-24)21-11-13-23(14-12-21)30-38-26(28(32)34-5-2)27(39-30)29(33)35-6-3/h4,11-18,26-27,30H,1,5-10,19-20H2,2-3H3/t26-,27-/m1/s1. The zero-order chi connectivity index (χ0) is 28.0. The Kier molecular flexibility index (Phi) is 12.0. The number of carbonyl (C=O) groups excluding carboxylic acids is 3. The van der Waals surface area contributed by atoms with Gasteiger partial charge in [-0.2, -0.15) is 0 Å². The normalized spacial score (nSPS) is 16.9. The fourth-order valence-corrected chi connectivity index (χ4v) is 3.96. The SMILES string of the molecule is C=CC(=O)OCCCCCCOc1ccc(-c2ccc(C3O[C@@H](C(=O)OCC)[C@H](C(=O)OCC)O3)cc2)cc1. The van der Waals surface area contributed by atoms with Gasteiger partial charge in [0.2, 0.25) is 0 Å². The number of benzene rings is 2. The maximum Gasteiger partial charge on any atom is 0.338 e. The van der Waals surface area contributed by atoms with Gasteiger partial charge in [0.1, 0.15) is 5.75 Å². The molecule has 0 aromatic heterocycles. The van der Waals surface area contributed by atoms with Crippen molar-refractivity contribution in [3.63, 3.8) is 0 Å². The molecular weight excluding hydrogens is 504 g/mol. The van der Waals surface area contributed by atoms with Crippen molar-refractivity contribution in [2.75, 3.05) is 26.4 Å². The lowest BCUT2D eigenvalue weighted by Gasteiger charge is -2.13. The van der Waals surface area contributed by atoms with Crippen LogP contribution in [0.1, 0.15) is 51.4 Å². The zero-order valence-electron chi connectivity index (χ0n) is 22.5. The summed E-state index contributed by atoms with van der Waals surface area (Å²) < 4.78 is 32.4. The molecule has 3 rings (SSSR count). The first kappa shape index (κ1) is 29.9.